The fourth-order valence-corrected chi connectivity index (χ4v) is 1.52. The van der Waals surface area contributed by atoms with Crippen LogP contribution in [0.3, 0.4) is 0 Å². The summed E-state index contributed by atoms with van der Waals surface area (Å²) in [5, 5.41) is 10.2. The summed E-state index contributed by atoms with van der Waals surface area (Å²) in [6.45, 7) is 10.3. The summed E-state index contributed by atoms with van der Waals surface area (Å²) in [5.41, 5.74) is 3.32. The van der Waals surface area contributed by atoms with Crippen LogP contribution in [0.4, 0.5) is 0 Å². The predicted octanol–water partition coefficient (Wildman–Crippen LogP) is 3.38. The van der Waals surface area contributed by atoms with Crippen LogP contribution in [0.5, 0.6) is 0 Å². The molecule has 0 saturated carbocycles. The van der Waals surface area contributed by atoms with Gasteiger partial charge < -0.3 is 5.11 Å². The Morgan fingerprint density at radius 1 is 1.14 bits per heavy atom. The zero-order chi connectivity index (χ0) is 10.9. The third-order valence-electron chi connectivity index (χ3n) is 2.55. The lowest BCUT2D eigenvalue weighted by Gasteiger charge is -2.27. The Morgan fingerprint density at radius 2 is 1.71 bits per heavy atom. The molecule has 0 aromatic heterocycles. The quantitative estimate of drug-likeness (QED) is 0.723. The number of hydrogen-bond donors (Lipinski definition) is 1. The third-order valence-corrected chi connectivity index (χ3v) is 2.55. The highest BCUT2D eigenvalue weighted by molar-refractivity contribution is 5.32. The minimum Gasteiger partial charge on any atom is -0.388 e. The molecule has 0 aliphatic heterocycles. The number of benzene rings is 1. The Hall–Kier alpha value is -0.820. The molecular formula is C13H20O. The van der Waals surface area contributed by atoms with Crippen LogP contribution in [0.15, 0.2) is 18.2 Å². The average Bonchev–Trinajstić information content (AvgIpc) is 2.06. The van der Waals surface area contributed by atoms with Gasteiger partial charge in [-0.2, -0.15) is 0 Å². The van der Waals surface area contributed by atoms with Crippen LogP contribution >= 0.6 is 0 Å². The largest absolute Gasteiger partial charge is 0.388 e. The molecule has 0 aliphatic rings. The molecule has 1 aromatic carbocycles. The van der Waals surface area contributed by atoms with Crippen molar-refractivity contribution in [3.8, 4) is 0 Å². The highest BCUT2D eigenvalue weighted by atomic mass is 16.3. The first-order valence-electron chi connectivity index (χ1n) is 5.07. The van der Waals surface area contributed by atoms with Crippen molar-refractivity contribution in [1.82, 2.24) is 0 Å². The fourth-order valence-electron chi connectivity index (χ4n) is 1.52. The van der Waals surface area contributed by atoms with Gasteiger partial charge >= 0.3 is 0 Å². The fraction of sp³-hybridized carbons (Fsp3) is 0.538. The molecule has 0 spiro atoms. The monoisotopic (exact) mass is 192 g/mol. The molecular weight excluding hydrogens is 172 g/mol. The maximum absolute atomic E-state index is 10.2. The van der Waals surface area contributed by atoms with E-state index in [0.29, 0.717) is 0 Å². The summed E-state index contributed by atoms with van der Waals surface area (Å²) >= 11 is 0. The van der Waals surface area contributed by atoms with Crippen molar-refractivity contribution >= 4 is 0 Å². The second kappa shape index (κ2) is 3.74. The molecule has 1 N–H and O–H groups in total. The number of aliphatic hydroxyl groups excluding tert-OH is 1. The molecule has 1 atom stereocenters. The molecule has 78 valence electrons. The standard InChI is InChI=1S/C13H20O/c1-9-6-7-10(2)11(8-9)12(14)13(3,4)5/h6-8,12,14H,1-5H3. The molecule has 0 fully saturated rings. The Balaban J connectivity index is 3.12. The minimum absolute atomic E-state index is 0.0987. The van der Waals surface area contributed by atoms with E-state index in [1.807, 2.05) is 6.92 Å². The van der Waals surface area contributed by atoms with Crippen LogP contribution in [-0.2, 0) is 0 Å². The first-order valence-corrected chi connectivity index (χ1v) is 5.07. The Labute approximate surface area is 86.8 Å². The topological polar surface area (TPSA) is 20.2 Å². The first kappa shape index (κ1) is 11.3. The van der Waals surface area contributed by atoms with Gasteiger partial charge in [-0.1, -0.05) is 44.5 Å². The minimum atomic E-state index is -0.387. The predicted molar refractivity (Wildman–Crippen MR) is 60.3 cm³/mol. The maximum atomic E-state index is 10.2. The van der Waals surface area contributed by atoms with Crippen LogP contribution in [0.25, 0.3) is 0 Å². The lowest BCUT2D eigenvalue weighted by molar-refractivity contribution is 0.0621. The second-order valence-corrected chi connectivity index (χ2v) is 5.13. The first-order chi connectivity index (χ1) is 6.32. The van der Waals surface area contributed by atoms with Crippen molar-refractivity contribution < 1.29 is 5.11 Å². The van der Waals surface area contributed by atoms with Gasteiger partial charge in [-0.25, -0.2) is 0 Å². The summed E-state index contributed by atoms with van der Waals surface area (Å²) < 4.78 is 0. The van der Waals surface area contributed by atoms with Crippen LogP contribution in [0.1, 0.15) is 43.6 Å². The number of aryl methyl sites for hydroxylation is 2. The number of hydrogen-bond acceptors (Lipinski definition) is 1. The zero-order valence-corrected chi connectivity index (χ0v) is 9.76. The molecule has 0 radical (unpaired) electrons. The number of rotatable bonds is 1. The maximum Gasteiger partial charge on any atom is 0.0840 e. The van der Waals surface area contributed by atoms with Crippen LogP contribution in [0.2, 0.25) is 0 Å². The molecule has 0 amide bonds. The van der Waals surface area contributed by atoms with Gasteiger partial charge in [0.25, 0.3) is 0 Å². The summed E-state index contributed by atoms with van der Waals surface area (Å²) in [5.74, 6) is 0. The summed E-state index contributed by atoms with van der Waals surface area (Å²) in [6, 6.07) is 6.22. The Kier molecular flexibility index (Phi) is 3.01. The van der Waals surface area contributed by atoms with Gasteiger partial charge in [-0.05, 0) is 30.4 Å². The van der Waals surface area contributed by atoms with E-state index in [4.69, 9.17) is 0 Å². The molecule has 1 aromatic rings. The smallest absolute Gasteiger partial charge is 0.0840 e. The average molecular weight is 192 g/mol. The van der Waals surface area contributed by atoms with Gasteiger partial charge in [0.05, 0.1) is 6.10 Å². The van der Waals surface area contributed by atoms with E-state index in [-0.39, 0.29) is 11.5 Å². The van der Waals surface area contributed by atoms with Gasteiger partial charge in [0.15, 0.2) is 0 Å². The Morgan fingerprint density at radius 3 is 2.21 bits per heavy atom. The van der Waals surface area contributed by atoms with Gasteiger partial charge in [0.2, 0.25) is 0 Å². The molecule has 0 aliphatic carbocycles. The van der Waals surface area contributed by atoms with E-state index in [1.54, 1.807) is 0 Å². The normalized spacial score (nSPS) is 14.1. The molecule has 1 unspecified atom stereocenters. The van der Waals surface area contributed by atoms with Crippen molar-refractivity contribution in [2.75, 3.05) is 0 Å². The van der Waals surface area contributed by atoms with Gasteiger partial charge in [0.1, 0.15) is 0 Å². The molecule has 1 rings (SSSR count). The van der Waals surface area contributed by atoms with Crippen molar-refractivity contribution in [3.63, 3.8) is 0 Å². The van der Waals surface area contributed by atoms with Crippen molar-refractivity contribution in [1.29, 1.82) is 0 Å². The lowest BCUT2D eigenvalue weighted by atomic mass is 9.83. The van der Waals surface area contributed by atoms with E-state index in [2.05, 4.69) is 45.9 Å². The highest BCUT2D eigenvalue weighted by Gasteiger charge is 2.24. The third kappa shape index (κ3) is 2.36. The molecule has 0 saturated heterocycles. The van der Waals surface area contributed by atoms with Crippen LogP contribution in [0, 0.1) is 19.3 Å². The molecule has 1 nitrogen and oxygen atoms in total. The van der Waals surface area contributed by atoms with E-state index in [9.17, 15) is 5.11 Å². The highest BCUT2D eigenvalue weighted by Crippen LogP contribution is 2.34. The molecule has 1 heteroatoms. The molecule has 14 heavy (non-hydrogen) atoms. The summed E-state index contributed by atoms with van der Waals surface area (Å²) in [4.78, 5) is 0. The van der Waals surface area contributed by atoms with E-state index in [1.165, 1.54) is 5.56 Å². The molecule has 0 bridgehead atoms. The van der Waals surface area contributed by atoms with E-state index < -0.39 is 0 Å². The van der Waals surface area contributed by atoms with Gasteiger partial charge in [-0.3, -0.25) is 0 Å². The van der Waals surface area contributed by atoms with Crippen molar-refractivity contribution in [3.05, 3.63) is 34.9 Å². The zero-order valence-electron chi connectivity index (χ0n) is 9.76. The molecule has 0 heterocycles. The number of aliphatic hydroxyl groups is 1. The van der Waals surface area contributed by atoms with Gasteiger partial charge in [-0.15, -0.1) is 0 Å². The van der Waals surface area contributed by atoms with Crippen LogP contribution in [-0.4, -0.2) is 5.11 Å². The van der Waals surface area contributed by atoms with Crippen LogP contribution < -0.4 is 0 Å². The SMILES string of the molecule is Cc1ccc(C)c(C(O)C(C)(C)C)c1. The second-order valence-electron chi connectivity index (χ2n) is 5.13. The lowest BCUT2D eigenvalue weighted by Crippen LogP contribution is -2.18. The van der Waals surface area contributed by atoms with Crippen molar-refractivity contribution in [2.24, 2.45) is 5.41 Å². The van der Waals surface area contributed by atoms with E-state index in [0.717, 1.165) is 11.1 Å². The Bertz CT molecular complexity index is 320. The van der Waals surface area contributed by atoms with Gasteiger partial charge in [0, 0.05) is 0 Å². The van der Waals surface area contributed by atoms with E-state index >= 15 is 0 Å². The summed E-state index contributed by atoms with van der Waals surface area (Å²) in [7, 11) is 0. The van der Waals surface area contributed by atoms with Crippen molar-refractivity contribution in [2.45, 2.75) is 40.7 Å². The summed E-state index contributed by atoms with van der Waals surface area (Å²) in [6.07, 6.45) is -0.387.